The SMILES string of the molecule is Cc1cc(N2C(=S)N[C@H](c3ccccn3)[C@H]2c2cc(C)n(Cc3ccncc3)c2C)ccc1F. The van der Waals surface area contributed by atoms with Crippen LogP contribution in [0.25, 0.3) is 0 Å². The summed E-state index contributed by atoms with van der Waals surface area (Å²) in [5, 5.41) is 4.09. The van der Waals surface area contributed by atoms with Gasteiger partial charge in [-0.05, 0) is 98.2 Å². The van der Waals surface area contributed by atoms with Gasteiger partial charge in [0.15, 0.2) is 5.11 Å². The summed E-state index contributed by atoms with van der Waals surface area (Å²) >= 11 is 5.82. The first-order chi connectivity index (χ1) is 16.4. The number of aromatic nitrogens is 3. The lowest BCUT2D eigenvalue weighted by Crippen LogP contribution is -2.29. The van der Waals surface area contributed by atoms with Crippen LogP contribution in [0, 0.1) is 26.6 Å². The van der Waals surface area contributed by atoms with Crippen molar-refractivity contribution in [3.05, 3.63) is 113 Å². The van der Waals surface area contributed by atoms with Crippen molar-refractivity contribution < 1.29 is 4.39 Å². The van der Waals surface area contributed by atoms with Crippen LogP contribution in [0.15, 0.2) is 73.2 Å². The van der Waals surface area contributed by atoms with Crippen LogP contribution in [-0.2, 0) is 6.54 Å². The van der Waals surface area contributed by atoms with Crippen molar-refractivity contribution >= 4 is 23.0 Å². The zero-order valence-corrected chi connectivity index (χ0v) is 20.2. The summed E-state index contributed by atoms with van der Waals surface area (Å²) in [6, 6.07) is 17.1. The predicted octanol–water partition coefficient (Wildman–Crippen LogP) is 5.57. The molecular weight excluding hydrogens is 445 g/mol. The molecule has 7 heteroatoms. The Bertz CT molecular complexity index is 1340. The molecule has 0 bridgehead atoms. The number of pyridine rings is 2. The average molecular weight is 472 g/mol. The van der Waals surface area contributed by atoms with Crippen molar-refractivity contribution in [3.8, 4) is 0 Å². The molecule has 3 aromatic heterocycles. The maximum absolute atomic E-state index is 14.1. The summed E-state index contributed by atoms with van der Waals surface area (Å²) in [5.41, 5.74) is 7.04. The number of anilines is 1. The van der Waals surface area contributed by atoms with Gasteiger partial charge in [-0.3, -0.25) is 9.97 Å². The van der Waals surface area contributed by atoms with Crippen LogP contribution < -0.4 is 10.2 Å². The fourth-order valence-electron chi connectivity index (χ4n) is 4.77. The molecule has 4 heterocycles. The van der Waals surface area contributed by atoms with Gasteiger partial charge in [-0.2, -0.15) is 0 Å². The van der Waals surface area contributed by atoms with Crippen LogP contribution in [0.2, 0.25) is 0 Å². The van der Waals surface area contributed by atoms with E-state index in [2.05, 4.69) is 44.7 Å². The van der Waals surface area contributed by atoms with E-state index in [1.165, 1.54) is 11.6 Å². The van der Waals surface area contributed by atoms with Gasteiger partial charge >= 0.3 is 0 Å². The lowest BCUT2D eigenvalue weighted by atomic mass is 9.96. The third-order valence-corrected chi connectivity index (χ3v) is 6.85. The second-order valence-corrected chi connectivity index (χ2v) is 9.08. The van der Waals surface area contributed by atoms with Crippen molar-refractivity contribution in [1.82, 2.24) is 19.9 Å². The van der Waals surface area contributed by atoms with E-state index in [0.717, 1.165) is 34.9 Å². The summed E-state index contributed by atoms with van der Waals surface area (Å²) in [6.45, 7) is 6.81. The Kier molecular flexibility index (Phi) is 5.87. The molecule has 1 aromatic carbocycles. The van der Waals surface area contributed by atoms with Gasteiger partial charge in [-0.25, -0.2) is 4.39 Å². The highest BCUT2D eigenvalue weighted by molar-refractivity contribution is 7.80. The number of aryl methyl sites for hydroxylation is 2. The fraction of sp³-hybridized carbons (Fsp3) is 0.222. The molecule has 4 aromatic rings. The highest BCUT2D eigenvalue weighted by Crippen LogP contribution is 2.43. The smallest absolute Gasteiger partial charge is 0.174 e. The third kappa shape index (κ3) is 3.96. The Balaban J connectivity index is 1.63. The van der Waals surface area contributed by atoms with Crippen LogP contribution in [0.4, 0.5) is 10.1 Å². The molecule has 0 unspecified atom stereocenters. The maximum atomic E-state index is 14.1. The number of thiocarbonyl (C=S) groups is 1. The lowest BCUT2D eigenvalue weighted by molar-refractivity contribution is 0.563. The Morgan fingerprint density at radius 1 is 1.00 bits per heavy atom. The first kappa shape index (κ1) is 22.2. The van der Waals surface area contributed by atoms with Crippen LogP contribution in [0.3, 0.4) is 0 Å². The number of rotatable bonds is 5. The van der Waals surface area contributed by atoms with Gasteiger partial charge in [0.2, 0.25) is 0 Å². The van der Waals surface area contributed by atoms with E-state index in [1.807, 2.05) is 48.8 Å². The molecule has 34 heavy (non-hydrogen) atoms. The van der Waals surface area contributed by atoms with E-state index in [9.17, 15) is 4.39 Å². The summed E-state index contributed by atoms with van der Waals surface area (Å²) in [6.07, 6.45) is 5.44. The van der Waals surface area contributed by atoms with Crippen molar-refractivity contribution in [1.29, 1.82) is 0 Å². The number of benzene rings is 1. The fourth-order valence-corrected chi connectivity index (χ4v) is 5.11. The zero-order valence-electron chi connectivity index (χ0n) is 19.4. The van der Waals surface area contributed by atoms with Gasteiger partial charge in [0.25, 0.3) is 0 Å². The Morgan fingerprint density at radius 3 is 2.50 bits per heavy atom. The van der Waals surface area contributed by atoms with Gasteiger partial charge in [-0.15, -0.1) is 0 Å². The molecule has 0 spiro atoms. The van der Waals surface area contributed by atoms with Gasteiger partial charge in [0.1, 0.15) is 5.82 Å². The molecule has 0 aliphatic carbocycles. The predicted molar refractivity (Wildman–Crippen MR) is 136 cm³/mol. The summed E-state index contributed by atoms with van der Waals surface area (Å²) in [4.78, 5) is 10.9. The molecule has 0 radical (unpaired) electrons. The molecule has 0 amide bonds. The third-order valence-electron chi connectivity index (χ3n) is 6.54. The number of halogens is 1. The minimum absolute atomic E-state index is 0.135. The van der Waals surface area contributed by atoms with Gasteiger partial charge in [-0.1, -0.05) is 6.07 Å². The van der Waals surface area contributed by atoms with Crippen LogP contribution in [0.5, 0.6) is 0 Å². The molecule has 1 fully saturated rings. The second-order valence-electron chi connectivity index (χ2n) is 8.70. The number of hydrogen-bond donors (Lipinski definition) is 1. The number of nitrogens with zero attached hydrogens (tertiary/aromatic N) is 4. The van der Waals surface area contributed by atoms with Crippen molar-refractivity contribution in [2.24, 2.45) is 0 Å². The molecule has 1 aliphatic heterocycles. The first-order valence-electron chi connectivity index (χ1n) is 11.3. The minimum Gasteiger partial charge on any atom is -0.351 e. The Morgan fingerprint density at radius 2 is 1.79 bits per heavy atom. The highest BCUT2D eigenvalue weighted by atomic mass is 32.1. The second kappa shape index (κ2) is 8.99. The molecule has 2 atom stereocenters. The highest BCUT2D eigenvalue weighted by Gasteiger charge is 2.42. The van der Waals surface area contributed by atoms with E-state index in [-0.39, 0.29) is 17.9 Å². The van der Waals surface area contributed by atoms with E-state index < -0.39 is 0 Å². The molecule has 1 N–H and O–H groups in total. The van der Waals surface area contributed by atoms with Crippen LogP contribution in [-0.4, -0.2) is 19.6 Å². The summed E-state index contributed by atoms with van der Waals surface area (Å²) in [7, 11) is 0. The van der Waals surface area contributed by atoms with E-state index in [0.29, 0.717) is 10.7 Å². The molecule has 172 valence electrons. The van der Waals surface area contributed by atoms with E-state index in [1.54, 1.807) is 19.2 Å². The Labute approximate surface area is 204 Å². The van der Waals surface area contributed by atoms with Crippen molar-refractivity contribution in [2.75, 3.05) is 4.90 Å². The molecular formula is C27H26FN5S. The molecule has 0 saturated carbocycles. The number of hydrogen-bond acceptors (Lipinski definition) is 3. The van der Waals surface area contributed by atoms with Gasteiger partial charge < -0.3 is 14.8 Å². The zero-order chi connectivity index (χ0) is 23.8. The maximum Gasteiger partial charge on any atom is 0.174 e. The van der Waals surface area contributed by atoms with Crippen molar-refractivity contribution in [2.45, 2.75) is 39.4 Å². The summed E-state index contributed by atoms with van der Waals surface area (Å²) < 4.78 is 16.4. The van der Waals surface area contributed by atoms with Crippen LogP contribution in [0.1, 0.15) is 45.9 Å². The normalized spacial score (nSPS) is 17.8. The summed E-state index contributed by atoms with van der Waals surface area (Å²) in [5.74, 6) is -0.227. The Hall–Kier alpha value is -3.58. The van der Waals surface area contributed by atoms with E-state index in [4.69, 9.17) is 12.2 Å². The molecule has 5 nitrogen and oxygen atoms in total. The first-order valence-corrected chi connectivity index (χ1v) is 11.7. The molecule has 5 rings (SSSR count). The molecule has 1 aliphatic rings. The lowest BCUT2D eigenvalue weighted by Gasteiger charge is -2.28. The van der Waals surface area contributed by atoms with Crippen molar-refractivity contribution in [3.63, 3.8) is 0 Å². The average Bonchev–Trinajstić information content (AvgIpc) is 3.33. The van der Waals surface area contributed by atoms with Crippen LogP contribution >= 0.6 is 12.2 Å². The van der Waals surface area contributed by atoms with Gasteiger partial charge in [0.05, 0.1) is 17.8 Å². The number of nitrogens with one attached hydrogen (secondary N) is 1. The van der Waals surface area contributed by atoms with Gasteiger partial charge in [0, 0.05) is 42.2 Å². The monoisotopic (exact) mass is 471 g/mol. The largest absolute Gasteiger partial charge is 0.351 e. The molecule has 1 saturated heterocycles. The minimum atomic E-state index is -0.227. The topological polar surface area (TPSA) is 46.0 Å². The standard InChI is InChI=1S/C27H26FN5S/c1-17-14-21(7-8-23(17)28)33-26(25(31-27(33)34)24-6-4-5-11-30-24)22-15-18(2)32(19(22)3)16-20-9-12-29-13-10-20/h4-15,25-26H,16H2,1-3H3,(H,31,34)/t25-,26-/m1/s1. The van der Waals surface area contributed by atoms with E-state index >= 15 is 0 Å². The quantitative estimate of drug-likeness (QED) is 0.386.